The standard InChI is InChI=1S/C18H18N6O/c1-13-17(18(25)24(22(13)2)14-8-4-3-5-9-14)19-12-23-16-11-7-6-10-15(16)20-21-23/h3-11,19H,12H2,1-2H3. The normalized spacial score (nSPS) is 11.1. The van der Waals surface area contributed by atoms with Crippen molar-refractivity contribution in [3.63, 3.8) is 0 Å². The van der Waals surface area contributed by atoms with Crippen LogP contribution < -0.4 is 10.9 Å². The topological polar surface area (TPSA) is 69.7 Å². The fourth-order valence-corrected chi connectivity index (χ4v) is 2.96. The van der Waals surface area contributed by atoms with Gasteiger partial charge in [0.1, 0.15) is 17.9 Å². The van der Waals surface area contributed by atoms with Gasteiger partial charge in [0.15, 0.2) is 0 Å². The first kappa shape index (κ1) is 15.2. The molecule has 2 aromatic heterocycles. The highest BCUT2D eigenvalue weighted by Gasteiger charge is 2.16. The van der Waals surface area contributed by atoms with Crippen molar-refractivity contribution in [2.24, 2.45) is 7.05 Å². The molecule has 0 bridgehead atoms. The third-order valence-electron chi connectivity index (χ3n) is 4.38. The van der Waals surface area contributed by atoms with Gasteiger partial charge in [0.05, 0.1) is 16.9 Å². The summed E-state index contributed by atoms with van der Waals surface area (Å²) >= 11 is 0. The average molecular weight is 334 g/mol. The van der Waals surface area contributed by atoms with E-state index in [0.29, 0.717) is 12.4 Å². The van der Waals surface area contributed by atoms with Gasteiger partial charge in [0, 0.05) is 7.05 Å². The SMILES string of the molecule is Cc1c(NCn2nnc3ccccc32)c(=O)n(-c2ccccc2)n1C. The van der Waals surface area contributed by atoms with Gasteiger partial charge in [0.2, 0.25) is 0 Å². The van der Waals surface area contributed by atoms with Crippen LogP contribution in [0, 0.1) is 6.92 Å². The molecule has 25 heavy (non-hydrogen) atoms. The summed E-state index contributed by atoms with van der Waals surface area (Å²) in [5.74, 6) is 0. The molecule has 0 aliphatic heterocycles. The van der Waals surface area contributed by atoms with E-state index in [-0.39, 0.29) is 5.56 Å². The summed E-state index contributed by atoms with van der Waals surface area (Å²) in [4.78, 5) is 12.9. The van der Waals surface area contributed by atoms with Crippen molar-refractivity contribution in [1.82, 2.24) is 24.4 Å². The van der Waals surface area contributed by atoms with Gasteiger partial charge >= 0.3 is 0 Å². The fourth-order valence-electron chi connectivity index (χ4n) is 2.96. The Kier molecular flexibility index (Phi) is 3.61. The van der Waals surface area contributed by atoms with Crippen LogP contribution in [0.25, 0.3) is 16.7 Å². The van der Waals surface area contributed by atoms with Gasteiger partial charge in [-0.3, -0.25) is 9.48 Å². The Hall–Kier alpha value is -3.35. The van der Waals surface area contributed by atoms with Crippen LogP contribution in [0.2, 0.25) is 0 Å². The molecule has 2 heterocycles. The van der Waals surface area contributed by atoms with Crippen molar-refractivity contribution in [2.45, 2.75) is 13.6 Å². The van der Waals surface area contributed by atoms with Gasteiger partial charge in [-0.15, -0.1) is 5.10 Å². The molecular weight excluding hydrogens is 316 g/mol. The Morgan fingerprint density at radius 3 is 2.56 bits per heavy atom. The molecule has 0 radical (unpaired) electrons. The van der Waals surface area contributed by atoms with E-state index in [4.69, 9.17) is 0 Å². The van der Waals surface area contributed by atoms with E-state index in [1.54, 1.807) is 9.36 Å². The molecule has 0 amide bonds. The third kappa shape index (κ3) is 2.50. The highest BCUT2D eigenvalue weighted by Crippen LogP contribution is 2.15. The summed E-state index contributed by atoms with van der Waals surface area (Å²) in [5, 5.41) is 11.5. The van der Waals surface area contributed by atoms with Gasteiger partial charge in [-0.25, -0.2) is 9.36 Å². The number of hydrogen-bond acceptors (Lipinski definition) is 4. The Labute approximate surface area is 144 Å². The molecule has 0 aliphatic carbocycles. The zero-order valence-corrected chi connectivity index (χ0v) is 14.0. The number of aromatic nitrogens is 5. The van der Waals surface area contributed by atoms with E-state index in [2.05, 4.69) is 15.6 Å². The number of rotatable bonds is 4. The first-order valence-electron chi connectivity index (χ1n) is 8.03. The lowest BCUT2D eigenvalue weighted by Gasteiger charge is -2.07. The Balaban J connectivity index is 1.69. The van der Waals surface area contributed by atoms with Crippen LogP contribution >= 0.6 is 0 Å². The molecular formula is C18H18N6O. The zero-order chi connectivity index (χ0) is 17.4. The van der Waals surface area contributed by atoms with Crippen molar-refractivity contribution >= 4 is 16.7 Å². The molecule has 0 unspecified atom stereocenters. The molecule has 1 N–H and O–H groups in total. The van der Waals surface area contributed by atoms with Gasteiger partial charge in [-0.05, 0) is 31.2 Å². The van der Waals surface area contributed by atoms with Crippen molar-refractivity contribution < 1.29 is 0 Å². The minimum atomic E-state index is -0.0874. The van der Waals surface area contributed by atoms with Crippen molar-refractivity contribution in [3.05, 3.63) is 70.6 Å². The molecule has 4 rings (SSSR count). The monoisotopic (exact) mass is 334 g/mol. The maximum absolute atomic E-state index is 12.9. The number of nitrogens with one attached hydrogen (secondary N) is 1. The number of nitrogens with zero attached hydrogens (tertiary/aromatic N) is 5. The van der Waals surface area contributed by atoms with E-state index in [1.165, 1.54) is 0 Å². The number of hydrogen-bond donors (Lipinski definition) is 1. The molecule has 0 saturated heterocycles. The van der Waals surface area contributed by atoms with Gasteiger partial charge in [0.25, 0.3) is 5.56 Å². The summed E-state index contributed by atoms with van der Waals surface area (Å²) in [6, 6.07) is 17.3. The smallest absolute Gasteiger partial charge is 0.295 e. The molecule has 0 saturated carbocycles. The first-order valence-corrected chi connectivity index (χ1v) is 8.03. The van der Waals surface area contributed by atoms with E-state index < -0.39 is 0 Å². The zero-order valence-electron chi connectivity index (χ0n) is 14.0. The first-order chi connectivity index (χ1) is 12.2. The Morgan fingerprint density at radius 1 is 1.04 bits per heavy atom. The van der Waals surface area contributed by atoms with Gasteiger partial charge < -0.3 is 5.32 Å². The Morgan fingerprint density at radius 2 is 1.76 bits per heavy atom. The van der Waals surface area contributed by atoms with E-state index in [1.807, 2.05) is 73.3 Å². The molecule has 0 aliphatic rings. The number of anilines is 1. The van der Waals surface area contributed by atoms with Crippen LogP contribution in [0.1, 0.15) is 5.69 Å². The van der Waals surface area contributed by atoms with Crippen molar-refractivity contribution in [3.8, 4) is 5.69 Å². The van der Waals surface area contributed by atoms with Crippen LogP contribution in [0.15, 0.2) is 59.4 Å². The summed E-state index contributed by atoms with van der Waals surface area (Å²) in [5.41, 5.74) is 3.92. The maximum Gasteiger partial charge on any atom is 0.295 e. The van der Waals surface area contributed by atoms with E-state index in [0.717, 1.165) is 22.4 Å². The Bertz CT molecular complexity index is 1090. The summed E-state index contributed by atoms with van der Waals surface area (Å²) in [6.07, 6.45) is 0. The maximum atomic E-state index is 12.9. The van der Waals surface area contributed by atoms with Crippen LogP contribution in [-0.2, 0) is 13.7 Å². The molecule has 7 heteroatoms. The highest BCUT2D eigenvalue weighted by molar-refractivity contribution is 5.73. The van der Waals surface area contributed by atoms with Crippen molar-refractivity contribution in [1.29, 1.82) is 0 Å². The fraction of sp³-hybridized carbons (Fsp3) is 0.167. The lowest BCUT2D eigenvalue weighted by Crippen LogP contribution is -2.21. The number of benzene rings is 2. The summed E-state index contributed by atoms with van der Waals surface area (Å²) in [7, 11) is 1.87. The lowest BCUT2D eigenvalue weighted by molar-refractivity contribution is 0.630. The predicted molar refractivity (Wildman–Crippen MR) is 96.9 cm³/mol. The highest BCUT2D eigenvalue weighted by atomic mass is 16.1. The second-order valence-corrected chi connectivity index (χ2v) is 5.85. The predicted octanol–water partition coefficient (Wildman–Crippen LogP) is 2.30. The summed E-state index contributed by atoms with van der Waals surface area (Å²) in [6.45, 7) is 2.29. The molecule has 0 atom stereocenters. The van der Waals surface area contributed by atoms with E-state index >= 15 is 0 Å². The van der Waals surface area contributed by atoms with Crippen LogP contribution in [0.5, 0.6) is 0 Å². The molecule has 126 valence electrons. The largest absolute Gasteiger partial charge is 0.360 e. The van der Waals surface area contributed by atoms with E-state index in [9.17, 15) is 4.79 Å². The molecule has 2 aromatic carbocycles. The van der Waals surface area contributed by atoms with Crippen LogP contribution in [0.4, 0.5) is 5.69 Å². The lowest BCUT2D eigenvalue weighted by atomic mass is 10.3. The number of fused-ring (bicyclic) bond motifs is 1. The second-order valence-electron chi connectivity index (χ2n) is 5.85. The molecule has 4 aromatic rings. The quantitative estimate of drug-likeness (QED) is 0.622. The molecule has 0 fully saturated rings. The summed E-state index contributed by atoms with van der Waals surface area (Å²) < 4.78 is 5.24. The van der Waals surface area contributed by atoms with Crippen LogP contribution in [-0.4, -0.2) is 24.4 Å². The second kappa shape index (κ2) is 5.94. The molecule has 0 spiro atoms. The minimum Gasteiger partial charge on any atom is -0.360 e. The average Bonchev–Trinajstić information content (AvgIpc) is 3.14. The van der Waals surface area contributed by atoms with Crippen LogP contribution in [0.3, 0.4) is 0 Å². The number of para-hydroxylation sites is 2. The van der Waals surface area contributed by atoms with Crippen molar-refractivity contribution in [2.75, 3.05) is 5.32 Å². The minimum absolute atomic E-state index is 0.0874. The molecule has 7 nitrogen and oxygen atoms in total. The third-order valence-corrected chi connectivity index (χ3v) is 4.38. The van der Waals surface area contributed by atoms with Gasteiger partial charge in [-0.1, -0.05) is 35.5 Å². The van der Waals surface area contributed by atoms with Gasteiger partial charge in [-0.2, -0.15) is 0 Å².